The van der Waals surface area contributed by atoms with Crippen molar-refractivity contribution in [3.8, 4) is 17.2 Å². The molecule has 4 aromatic rings. The Kier molecular flexibility index (Phi) is 10.4. The van der Waals surface area contributed by atoms with E-state index in [4.69, 9.17) is 14.9 Å². The third-order valence-electron chi connectivity index (χ3n) is 7.28. The van der Waals surface area contributed by atoms with E-state index in [2.05, 4.69) is 4.98 Å². The summed E-state index contributed by atoms with van der Waals surface area (Å²) < 4.78 is 11.3. The smallest absolute Gasteiger partial charge is 0.270 e. The zero-order chi connectivity index (χ0) is 26.6. The Balaban J connectivity index is 0.00000147. The zero-order valence-corrected chi connectivity index (χ0v) is 36.2. The van der Waals surface area contributed by atoms with Crippen LogP contribution in [0.1, 0.15) is 22.8 Å². The molecule has 3 aromatic carbocycles. The largest absolute Gasteiger partial charge is 0.693 e. The van der Waals surface area contributed by atoms with Crippen molar-refractivity contribution in [2.45, 2.75) is 19.6 Å². The number of hydroxylamine groups is 3. The number of ketones is 1. The molecule has 0 aliphatic carbocycles. The van der Waals surface area contributed by atoms with Crippen LogP contribution in [0.15, 0.2) is 21.3 Å². The van der Waals surface area contributed by atoms with Crippen molar-refractivity contribution in [2.75, 3.05) is 38.1 Å². The molecule has 6 rings (SSSR count). The van der Waals surface area contributed by atoms with Gasteiger partial charge in [0.15, 0.2) is 11.0 Å². The number of benzene rings is 3. The van der Waals surface area contributed by atoms with Crippen LogP contribution in [0.5, 0.6) is 17.2 Å². The number of ether oxygens (including phenoxy) is 1. The summed E-state index contributed by atoms with van der Waals surface area (Å²) in [5.74, 6) is -4.14. The number of rotatable bonds is 1. The molecule has 0 spiro atoms. The zero-order valence-electron chi connectivity index (χ0n) is 22.0. The number of phenolic OH excluding ortho intramolecular Hbond substituents is 2. The summed E-state index contributed by atoms with van der Waals surface area (Å²) in [6.45, 7) is 4.54. The van der Waals surface area contributed by atoms with Gasteiger partial charge < -0.3 is 35.1 Å². The van der Waals surface area contributed by atoms with Crippen molar-refractivity contribution in [1.82, 2.24) is 4.98 Å². The van der Waals surface area contributed by atoms with Crippen molar-refractivity contribution in [3.05, 3.63) is 39.2 Å². The first-order valence-corrected chi connectivity index (χ1v) is 11.6. The molecule has 1 fully saturated rings. The second-order valence-electron chi connectivity index (χ2n) is 10.0. The molecule has 0 amide bonds. The molecule has 3 radical (unpaired) electrons. The van der Waals surface area contributed by atoms with Crippen LogP contribution < -0.4 is 15.1 Å². The number of carbonyl (C=O) groups is 1. The summed E-state index contributed by atoms with van der Waals surface area (Å²) >= 11 is 0. The van der Waals surface area contributed by atoms with Crippen LogP contribution in [0.2, 0.25) is 0 Å². The molecule has 12 nitrogen and oxygen atoms in total. The number of likely N-dealkylation sites (N-methyl/N-ethyl adjacent to an activating group) is 1. The molecule has 3 heterocycles. The van der Waals surface area contributed by atoms with Gasteiger partial charge in [0, 0.05) is 168 Å². The second kappa shape index (κ2) is 11.9. The van der Waals surface area contributed by atoms with Crippen molar-refractivity contribution in [1.29, 1.82) is 0 Å². The molecule has 2 aliphatic heterocycles. The number of fused-ring (bicyclic) bond motifs is 6. The molecular weight excluding hydrogens is 1170 g/mol. The van der Waals surface area contributed by atoms with E-state index in [1.807, 2.05) is 4.90 Å². The SMILES string of the molecule is Cc1c2c(c3c(c(O)c([NH-])c4oc5cc(N6CC[N+](C)(O)CC6)cc(O)c5nc43)c1=O)C(=O)C(C)(O)O2.[Ac].[Ac].[Ac]. The molecule has 201 valence electrons. The minimum atomic E-state index is -2.24. The number of phenols is 2. The molecule has 2 aliphatic rings. The number of hydrogen-bond donors (Lipinski definition) is 4. The number of nitrogens with one attached hydrogen (secondary N) is 1. The molecule has 5 N–H and O–H groups in total. The topological polar surface area (TPSA) is 177 Å². The number of hydrogen-bond acceptors (Lipinski definition) is 10. The number of aromatic nitrogens is 1. The number of Topliss-reactive ketones (excluding diaryl/α,β-unsaturated/α-hetero) is 1. The van der Waals surface area contributed by atoms with Crippen molar-refractivity contribution in [2.24, 2.45) is 0 Å². The van der Waals surface area contributed by atoms with Gasteiger partial charge in [0.05, 0.1) is 31.1 Å². The first-order chi connectivity index (χ1) is 17.3. The third kappa shape index (κ3) is 5.37. The van der Waals surface area contributed by atoms with Gasteiger partial charge in [-0.2, -0.15) is 4.65 Å². The number of anilines is 1. The predicted molar refractivity (Wildman–Crippen MR) is 133 cm³/mol. The Labute approximate surface area is 335 Å². The van der Waals surface area contributed by atoms with Gasteiger partial charge in [0.1, 0.15) is 47.0 Å². The van der Waals surface area contributed by atoms with Crippen LogP contribution >= 0.6 is 0 Å². The number of carbonyl (C=O) groups excluding carboxylic acids is 1. The molecule has 1 aromatic heterocycles. The van der Waals surface area contributed by atoms with E-state index in [1.165, 1.54) is 13.0 Å². The number of quaternary nitrogens is 1. The van der Waals surface area contributed by atoms with E-state index in [-0.39, 0.29) is 192 Å². The maximum atomic E-state index is 13.2. The average molecular weight is 1190 g/mol. The molecular formula is C25H24Ac3N4O8. The van der Waals surface area contributed by atoms with Gasteiger partial charge in [-0.05, 0) is 6.92 Å². The summed E-state index contributed by atoms with van der Waals surface area (Å²) in [5.41, 5.74) is 7.55. The fourth-order valence-electron chi connectivity index (χ4n) is 5.11. The van der Waals surface area contributed by atoms with Gasteiger partial charge in [-0.15, -0.1) is 0 Å². The number of aliphatic hydroxyl groups is 1. The van der Waals surface area contributed by atoms with Crippen molar-refractivity contribution in [3.63, 3.8) is 0 Å². The Morgan fingerprint density at radius 1 is 1.07 bits per heavy atom. The van der Waals surface area contributed by atoms with Crippen LogP contribution in [0.25, 0.3) is 38.7 Å². The first kappa shape index (κ1) is 34.7. The Bertz CT molecular complexity index is 1760. The maximum absolute atomic E-state index is 13.2. The summed E-state index contributed by atoms with van der Waals surface area (Å²) in [4.78, 5) is 32.7. The van der Waals surface area contributed by atoms with E-state index in [1.54, 1.807) is 13.1 Å². The van der Waals surface area contributed by atoms with E-state index in [0.717, 1.165) is 6.92 Å². The van der Waals surface area contributed by atoms with Gasteiger partial charge in [-0.25, -0.2) is 10.2 Å². The quantitative estimate of drug-likeness (QED) is 0.0961. The van der Waals surface area contributed by atoms with Gasteiger partial charge in [-0.1, -0.05) is 5.69 Å². The monoisotopic (exact) mass is 1190 g/mol. The fraction of sp³-hybridized carbons (Fsp3) is 0.320. The Hall–Kier alpha value is 0.195. The average Bonchev–Trinajstić information content (AvgIpc) is 3.08. The van der Waals surface area contributed by atoms with E-state index >= 15 is 0 Å². The normalized spacial score (nSPS) is 19.5. The van der Waals surface area contributed by atoms with Gasteiger partial charge >= 0.3 is 0 Å². The first-order valence-electron chi connectivity index (χ1n) is 11.6. The summed E-state index contributed by atoms with van der Waals surface area (Å²) in [7, 11) is 1.72. The number of piperazine rings is 1. The standard InChI is InChI=1S/C25H24N4O8.3Ac/c1-10-20(31)15-14(16-22(10)37-25(2,34)24(16)33)19-23(17(26)21(15)32)36-13-9-11(8-12(30)18(13)27-19)28-4-6-29(3,35)7-5-28;;;/h8-9,34-35H,4-7H2,1-3H3,(H3-,26,27,30,31,32,33);;;. The fourth-order valence-corrected chi connectivity index (χ4v) is 5.11. The van der Waals surface area contributed by atoms with Crippen LogP contribution in [0.3, 0.4) is 0 Å². The van der Waals surface area contributed by atoms with Gasteiger partial charge in [0.25, 0.3) is 5.79 Å². The van der Waals surface area contributed by atoms with E-state index < -0.39 is 28.4 Å². The summed E-state index contributed by atoms with van der Waals surface area (Å²) in [5, 5.41) is 42.0. The van der Waals surface area contributed by atoms with Crippen LogP contribution in [-0.2, 0) is 0 Å². The molecule has 1 unspecified atom stereocenters. The van der Waals surface area contributed by atoms with Crippen molar-refractivity contribution >= 4 is 50.1 Å². The molecule has 1 saturated heterocycles. The third-order valence-corrected chi connectivity index (χ3v) is 7.28. The molecule has 1 atom stereocenters. The predicted octanol–water partition coefficient (Wildman–Crippen LogP) is 2.84. The number of nitrogens with zero attached hydrogens (tertiary/aromatic N) is 3. The summed E-state index contributed by atoms with van der Waals surface area (Å²) in [6.07, 6.45) is 0. The van der Waals surface area contributed by atoms with Crippen molar-refractivity contribution < 1.29 is 171 Å². The summed E-state index contributed by atoms with van der Waals surface area (Å²) in [6, 6.07) is 3.13. The van der Waals surface area contributed by atoms with Crippen LogP contribution in [0, 0.1) is 139 Å². The molecule has 0 bridgehead atoms. The molecule has 15 heteroatoms. The van der Waals surface area contributed by atoms with Crippen LogP contribution in [0.4, 0.5) is 11.4 Å². The van der Waals surface area contributed by atoms with Gasteiger partial charge in [-0.3, -0.25) is 9.59 Å². The Morgan fingerprint density at radius 2 is 1.70 bits per heavy atom. The van der Waals surface area contributed by atoms with E-state index in [0.29, 0.717) is 31.9 Å². The number of aromatic hydroxyl groups is 2. The minimum absolute atomic E-state index is 0. The molecule has 0 saturated carbocycles. The minimum Gasteiger partial charge on any atom is -0.693 e. The maximum Gasteiger partial charge on any atom is 0.270 e. The Morgan fingerprint density at radius 3 is 2.33 bits per heavy atom. The molecule has 40 heavy (non-hydrogen) atoms. The van der Waals surface area contributed by atoms with Crippen LogP contribution in [-0.4, -0.2) is 75.0 Å². The van der Waals surface area contributed by atoms with E-state index in [9.17, 15) is 30.1 Å². The second-order valence-corrected chi connectivity index (χ2v) is 10.0. The van der Waals surface area contributed by atoms with Gasteiger partial charge in [0.2, 0.25) is 5.78 Å².